The molecule has 1 fully saturated rings. The van der Waals surface area contributed by atoms with Crippen LogP contribution in [0.5, 0.6) is 0 Å². The Balaban J connectivity index is 2.35. The predicted octanol–water partition coefficient (Wildman–Crippen LogP) is 3.64. The predicted molar refractivity (Wildman–Crippen MR) is 55.7 cm³/mol. The van der Waals surface area contributed by atoms with Crippen LogP contribution in [0.3, 0.4) is 0 Å². The summed E-state index contributed by atoms with van der Waals surface area (Å²) in [7, 11) is 0. The third kappa shape index (κ3) is 2.29. The number of benzene rings is 1. The van der Waals surface area contributed by atoms with Crippen molar-refractivity contribution in [2.75, 3.05) is 0 Å². The molecule has 1 nitrogen and oxygen atoms in total. The molecule has 1 saturated carbocycles. The van der Waals surface area contributed by atoms with Gasteiger partial charge < -0.3 is 5.73 Å². The minimum Gasteiger partial charge on any atom is -0.324 e. The summed E-state index contributed by atoms with van der Waals surface area (Å²) in [4.78, 5) is 0. The average molecular weight is 247 g/mol. The maximum atomic E-state index is 13.7. The van der Waals surface area contributed by atoms with Gasteiger partial charge in [0.15, 0.2) is 0 Å². The molecule has 0 heterocycles. The lowest BCUT2D eigenvalue weighted by atomic mass is 9.77. The second-order valence-corrected chi connectivity index (χ2v) is 4.42. The van der Waals surface area contributed by atoms with Gasteiger partial charge in [-0.3, -0.25) is 0 Å². The van der Waals surface area contributed by atoms with Crippen molar-refractivity contribution >= 4 is 0 Å². The molecule has 2 rings (SSSR count). The number of alkyl halides is 3. The molecule has 1 atom stereocenters. The van der Waals surface area contributed by atoms with E-state index >= 15 is 0 Å². The molecular weight excluding hydrogens is 234 g/mol. The average Bonchev–Trinajstić information content (AvgIpc) is 2.13. The summed E-state index contributed by atoms with van der Waals surface area (Å²) in [6.07, 6.45) is -1.94. The van der Waals surface area contributed by atoms with Gasteiger partial charge >= 0.3 is 6.18 Å². The second-order valence-electron chi connectivity index (χ2n) is 4.42. The SMILES string of the molecule is NC(c1cccc(C(F)(F)F)c1F)C1CCC1. The first kappa shape index (κ1) is 12.4. The quantitative estimate of drug-likeness (QED) is 0.793. The molecule has 94 valence electrons. The van der Waals surface area contributed by atoms with Gasteiger partial charge in [0.25, 0.3) is 0 Å². The van der Waals surface area contributed by atoms with Crippen molar-refractivity contribution in [2.24, 2.45) is 11.7 Å². The molecule has 0 aromatic heterocycles. The van der Waals surface area contributed by atoms with Crippen LogP contribution in [0.15, 0.2) is 18.2 Å². The lowest BCUT2D eigenvalue weighted by molar-refractivity contribution is -0.140. The maximum absolute atomic E-state index is 13.7. The molecule has 0 saturated heterocycles. The highest BCUT2D eigenvalue weighted by atomic mass is 19.4. The molecule has 17 heavy (non-hydrogen) atoms. The van der Waals surface area contributed by atoms with E-state index in [0.717, 1.165) is 25.3 Å². The smallest absolute Gasteiger partial charge is 0.324 e. The normalized spacial score (nSPS) is 18.9. The Hall–Kier alpha value is -1.10. The van der Waals surface area contributed by atoms with E-state index in [4.69, 9.17) is 5.73 Å². The van der Waals surface area contributed by atoms with Crippen LogP contribution in [0.1, 0.15) is 36.4 Å². The zero-order chi connectivity index (χ0) is 12.6. The first-order chi connectivity index (χ1) is 7.91. The van der Waals surface area contributed by atoms with E-state index in [2.05, 4.69) is 0 Å². The molecular formula is C12H13F4N. The van der Waals surface area contributed by atoms with Gasteiger partial charge in [-0.25, -0.2) is 4.39 Å². The molecule has 1 aliphatic carbocycles. The van der Waals surface area contributed by atoms with Crippen LogP contribution in [0.2, 0.25) is 0 Å². The summed E-state index contributed by atoms with van der Waals surface area (Å²) < 4.78 is 51.3. The number of halogens is 4. The highest BCUT2D eigenvalue weighted by Crippen LogP contribution is 2.39. The van der Waals surface area contributed by atoms with Crippen molar-refractivity contribution in [1.29, 1.82) is 0 Å². The Morgan fingerprint density at radius 3 is 2.35 bits per heavy atom. The molecule has 1 aromatic rings. The van der Waals surface area contributed by atoms with E-state index in [1.165, 1.54) is 12.1 Å². The third-order valence-electron chi connectivity index (χ3n) is 3.35. The molecule has 0 spiro atoms. The lowest BCUT2D eigenvalue weighted by Crippen LogP contribution is -2.28. The topological polar surface area (TPSA) is 26.0 Å². The zero-order valence-electron chi connectivity index (χ0n) is 9.10. The molecule has 1 aromatic carbocycles. The van der Waals surface area contributed by atoms with Gasteiger partial charge in [-0.05, 0) is 24.8 Å². The fraction of sp³-hybridized carbons (Fsp3) is 0.500. The van der Waals surface area contributed by atoms with Gasteiger partial charge in [-0.2, -0.15) is 13.2 Å². The van der Waals surface area contributed by atoms with Crippen LogP contribution in [-0.4, -0.2) is 0 Å². The highest BCUT2D eigenvalue weighted by molar-refractivity contribution is 5.30. The minimum absolute atomic E-state index is 0.0236. The fourth-order valence-electron chi connectivity index (χ4n) is 2.08. The first-order valence-corrected chi connectivity index (χ1v) is 5.52. The molecule has 0 bridgehead atoms. The highest BCUT2D eigenvalue weighted by Gasteiger charge is 2.36. The molecule has 0 amide bonds. The number of rotatable bonds is 2. The Morgan fingerprint density at radius 2 is 1.88 bits per heavy atom. The van der Waals surface area contributed by atoms with Crippen molar-refractivity contribution in [3.63, 3.8) is 0 Å². The summed E-state index contributed by atoms with van der Waals surface area (Å²) in [5.41, 5.74) is 4.55. The first-order valence-electron chi connectivity index (χ1n) is 5.52. The number of nitrogens with two attached hydrogens (primary N) is 1. The van der Waals surface area contributed by atoms with Gasteiger partial charge in [0.1, 0.15) is 5.82 Å². The van der Waals surface area contributed by atoms with Crippen LogP contribution in [-0.2, 0) is 6.18 Å². The van der Waals surface area contributed by atoms with Crippen LogP contribution < -0.4 is 5.73 Å². The van der Waals surface area contributed by atoms with E-state index in [9.17, 15) is 17.6 Å². The van der Waals surface area contributed by atoms with Gasteiger partial charge in [-0.15, -0.1) is 0 Å². The molecule has 1 aliphatic rings. The van der Waals surface area contributed by atoms with E-state index < -0.39 is 23.6 Å². The van der Waals surface area contributed by atoms with Gasteiger partial charge in [-0.1, -0.05) is 18.6 Å². The van der Waals surface area contributed by atoms with Crippen LogP contribution in [0.25, 0.3) is 0 Å². The molecule has 0 radical (unpaired) electrons. The van der Waals surface area contributed by atoms with Crippen molar-refractivity contribution in [1.82, 2.24) is 0 Å². The monoisotopic (exact) mass is 247 g/mol. The summed E-state index contributed by atoms with van der Waals surface area (Å²) in [6, 6.07) is 2.66. The van der Waals surface area contributed by atoms with Gasteiger partial charge in [0.2, 0.25) is 0 Å². The Labute approximate surface area is 96.6 Å². The van der Waals surface area contributed by atoms with Crippen molar-refractivity contribution in [3.8, 4) is 0 Å². The van der Waals surface area contributed by atoms with E-state index in [-0.39, 0.29) is 11.5 Å². The molecule has 2 N–H and O–H groups in total. The largest absolute Gasteiger partial charge is 0.419 e. The van der Waals surface area contributed by atoms with Crippen molar-refractivity contribution in [2.45, 2.75) is 31.5 Å². The van der Waals surface area contributed by atoms with Crippen molar-refractivity contribution in [3.05, 3.63) is 35.1 Å². The van der Waals surface area contributed by atoms with Crippen molar-refractivity contribution < 1.29 is 17.6 Å². The van der Waals surface area contributed by atoms with Gasteiger partial charge in [0, 0.05) is 11.6 Å². The van der Waals surface area contributed by atoms with E-state index in [0.29, 0.717) is 0 Å². The van der Waals surface area contributed by atoms with Crippen LogP contribution >= 0.6 is 0 Å². The van der Waals surface area contributed by atoms with Crippen LogP contribution in [0, 0.1) is 11.7 Å². The molecule has 5 heteroatoms. The Bertz CT molecular complexity index is 409. The minimum atomic E-state index is -4.67. The molecule has 1 unspecified atom stereocenters. The lowest BCUT2D eigenvalue weighted by Gasteiger charge is -2.32. The Morgan fingerprint density at radius 1 is 1.24 bits per heavy atom. The maximum Gasteiger partial charge on any atom is 0.419 e. The van der Waals surface area contributed by atoms with E-state index in [1.54, 1.807) is 0 Å². The summed E-state index contributed by atoms with van der Waals surface area (Å²) in [5, 5.41) is 0. The third-order valence-corrected chi connectivity index (χ3v) is 3.35. The summed E-state index contributed by atoms with van der Waals surface area (Å²) in [6.45, 7) is 0. The summed E-state index contributed by atoms with van der Waals surface area (Å²) in [5.74, 6) is -1.12. The van der Waals surface area contributed by atoms with E-state index in [1.807, 2.05) is 0 Å². The van der Waals surface area contributed by atoms with Gasteiger partial charge in [0.05, 0.1) is 5.56 Å². The molecule has 0 aliphatic heterocycles. The zero-order valence-corrected chi connectivity index (χ0v) is 9.10. The number of hydrogen-bond donors (Lipinski definition) is 1. The standard InChI is InChI=1S/C12H13F4N/c13-10-8(11(17)7-3-1-4-7)5-2-6-9(10)12(14,15)16/h2,5-7,11H,1,3-4,17H2. The number of hydrogen-bond acceptors (Lipinski definition) is 1. The summed E-state index contributed by atoms with van der Waals surface area (Å²) >= 11 is 0. The fourth-order valence-corrected chi connectivity index (χ4v) is 2.08. The Kier molecular flexibility index (Phi) is 3.12. The second kappa shape index (κ2) is 4.29. The van der Waals surface area contributed by atoms with Crippen LogP contribution in [0.4, 0.5) is 17.6 Å².